The molecule has 2 aliphatic rings. The first kappa shape index (κ1) is 16.8. The summed E-state index contributed by atoms with van der Waals surface area (Å²) in [7, 11) is 0. The normalized spacial score (nSPS) is 21.3. The first-order valence-corrected chi connectivity index (χ1v) is 8.60. The van der Waals surface area contributed by atoms with Crippen molar-refractivity contribution in [1.82, 2.24) is 25.5 Å². The Kier molecular flexibility index (Phi) is 4.46. The van der Waals surface area contributed by atoms with Crippen molar-refractivity contribution in [2.45, 2.75) is 31.0 Å². The third-order valence-corrected chi connectivity index (χ3v) is 4.77. The van der Waals surface area contributed by atoms with Crippen LogP contribution in [-0.2, 0) is 4.74 Å². The van der Waals surface area contributed by atoms with Gasteiger partial charge >= 0.3 is 0 Å². The van der Waals surface area contributed by atoms with Crippen molar-refractivity contribution in [2.75, 3.05) is 24.5 Å². The fourth-order valence-corrected chi connectivity index (χ4v) is 3.38. The van der Waals surface area contributed by atoms with Gasteiger partial charge in [-0.15, -0.1) is 5.10 Å². The number of carbonyl (C=O) groups excluding carboxylic acids is 1. The summed E-state index contributed by atoms with van der Waals surface area (Å²) in [6.07, 6.45) is 6.65. The fraction of sp³-hybridized carbons (Fsp3) is 0.471. The standard InChI is InChI=1S/C17H19FN6O2/c18-12-7-20-16(21-8-12)24-10-13(26-17(11-24)4-2-5-17)9-19-15(25)14-3-1-6-22-23-14/h1,3,6-8,13H,2,4-5,9-11H2,(H,19,25). The van der Waals surface area contributed by atoms with Gasteiger partial charge in [0, 0.05) is 25.8 Å². The summed E-state index contributed by atoms with van der Waals surface area (Å²) in [5, 5.41) is 10.3. The quantitative estimate of drug-likeness (QED) is 0.870. The molecule has 8 nitrogen and oxygen atoms in total. The molecule has 3 heterocycles. The Morgan fingerprint density at radius 1 is 1.38 bits per heavy atom. The lowest BCUT2D eigenvalue weighted by Crippen LogP contribution is -2.61. The summed E-state index contributed by atoms with van der Waals surface area (Å²) in [6, 6.07) is 3.27. The molecular formula is C17H19FN6O2. The van der Waals surface area contributed by atoms with Crippen LogP contribution in [0.2, 0.25) is 0 Å². The van der Waals surface area contributed by atoms with Crippen LogP contribution in [0.25, 0.3) is 0 Å². The van der Waals surface area contributed by atoms with E-state index in [1.807, 2.05) is 4.90 Å². The van der Waals surface area contributed by atoms with Crippen LogP contribution in [0.15, 0.2) is 30.7 Å². The van der Waals surface area contributed by atoms with E-state index in [2.05, 4.69) is 25.5 Å². The molecule has 1 aliphatic heterocycles. The van der Waals surface area contributed by atoms with Crippen LogP contribution in [0, 0.1) is 5.82 Å². The molecule has 0 bridgehead atoms. The molecule has 26 heavy (non-hydrogen) atoms. The highest BCUT2D eigenvalue weighted by Gasteiger charge is 2.45. The monoisotopic (exact) mass is 358 g/mol. The Bertz CT molecular complexity index is 769. The van der Waals surface area contributed by atoms with E-state index in [1.165, 1.54) is 6.20 Å². The number of rotatable bonds is 4. The predicted molar refractivity (Wildman–Crippen MR) is 90.0 cm³/mol. The minimum atomic E-state index is -0.465. The zero-order valence-corrected chi connectivity index (χ0v) is 14.1. The maximum absolute atomic E-state index is 13.1. The number of nitrogens with one attached hydrogen (secondary N) is 1. The van der Waals surface area contributed by atoms with Gasteiger partial charge in [-0.2, -0.15) is 5.10 Å². The number of nitrogens with zero attached hydrogens (tertiary/aromatic N) is 5. The minimum Gasteiger partial charge on any atom is -0.366 e. The number of morpholine rings is 1. The number of aromatic nitrogens is 4. The lowest BCUT2D eigenvalue weighted by Gasteiger charge is -2.51. The van der Waals surface area contributed by atoms with Gasteiger partial charge in [-0.05, 0) is 31.4 Å². The molecule has 1 atom stereocenters. The van der Waals surface area contributed by atoms with E-state index >= 15 is 0 Å². The van der Waals surface area contributed by atoms with Gasteiger partial charge in [0.05, 0.1) is 24.1 Å². The number of ether oxygens (including phenoxy) is 1. The van der Waals surface area contributed by atoms with Gasteiger partial charge in [0.25, 0.3) is 5.91 Å². The van der Waals surface area contributed by atoms with Crippen molar-refractivity contribution in [3.8, 4) is 0 Å². The van der Waals surface area contributed by atoms with Crippen molar-refractivity contribution in [2.24, 2.45) is 0 Å². The Balaban J connectivity index is 1.43. The Morgan fingerprint density at radius 2 is 2.19 bits per heavy atom. The van der Waals surface area contributed by atoms with E-state index in [-0.39, 0.29) is 23.3 Å². The molecular weight excluding hydrogens is 339 g/mol. The number of hydrogen-bond acceptors (Lipinski definition) is 7. The van der Waals surface area contributed by atoms with E-state index in [1.54, 1.807) is 12.1 Å². The first-order valence-electron chi connectivity index (χ1n) is 8.60. The van der Waals surface area contributed by atoms with Gasteiger partial charge in [-0.3, -0.25) is 4.79 Å². The zero-order valence-electron chi connectivity index (χ0n) is 14.1. The van der Waals surface area contributed by atoms with E-state index in [0.29, 0.717) is 25.6 Å². The number of carbonyl (C=O) groups is 1. The van der Waals surface area contributed by atoms with Crippen molar-refractivity contribution < 1.29 is 13.9 Å². The maximum atomic E-state index is 13.1. The minimum absolute atomic E-state index is 0.210. The Labute approximate surface area is 149 Å². The van der Waals surface area contributed by atoms with Crippen LogP contribution in [0.1, 0.15) is 29.8 Å². The predicted octanol–water partition coefficient (Wildman–Crippen LogP) is 0.964. The summed E-state index contributed by atoms with van der Waals surface area (Å²) >= 11 is 0. The molecule has 4 rings (SSSR count). The SMILES string of the molecule is O=C(NCC1CN(c2ncc(F)cn2)CC2(CCC2)O1)c1cccnn1. The van der Waals surface area contributed by atoms with Gasteiger partial charge in [0.15, 0.2) is 11.5 Å². The summed E-state index contributed by atoms with van der Waals surface area (Å²) in [5.74, 6) is -0.279. The molecule has 1 saturated carbocycles. The van der Waals surface area contributed by atoms with Crippen LogP contribution in [-0.4, -0.2) is 57.4 Å². The molecule has 136 valence electrons. The van der Waals surface area contributed by atoms with Crippen LogP contribution < -0.4 is 10.2 Å². The number of amides is 1. The first-order chi connectivity index (χ1) is 12.6. The average molecular weight is 358 g/mol. The van der Waals surface area contributed by atoms with Crippen LogP contribution in [0.3, 0.4) is 0 Å². The third-order valence-electron chi connectivity index (χ3n) is 4.77. The molecule has 1 N–H and O–H groups in total. The molecule has 9 heteroatoms. The Hall–Kier alpha value is -2.68. The summed E-state index contributed by atoms with van der Waals surface area (Å²) in [4.78, 5) is 22.3. The van der Waals surface area contributed by atoms with Gasteiger partial charge in [0.2, 0.25) is 5.95 Å². The maximum Gasteiger partial charge on any atom is 0.271 e. The number of anilines is 1. The topological polar surface area (TPSA) is 93.1 Å². The van der Waals surface area contributed by atoms with Gasteiger partial charge < -0.3 is 15.0 Å². The highest BCUT2D eigenvalue weighted by Crippen LogP contribution is 2.40. The lowest BCUT2D eigenvalue weighted by molar-refractivity contribution is -0.146. The van der Waals surface area contributed by atoms with Gasteiger partial charge in [-0.1, -0.05) is 0 Å². The molecule has 1 amide bonds. The van der Waals surface area contributed by atoms with Crippen LogP contribution in [0.4, 0.5) is 10.3 Å². The molecule has 2 aromatic heterocycles. The molecule has 1 saturated heterocycles. The fourth-order valence-electron chi connectivity index (χ4n) is 3.38. The molecule has 1 unspecified atom stereocenters. The van der Waals surface area contributed by atoms with E-state index in [4.69, 9.17) is 4.74 Å². The smallest absolute Gasteiger partial charge is 0.271 e. The average Bonchev–Trinajstić information content (AvgIpc) is 2.66. The van der Waals surface area contributed by atoms with Crippen molar-refractivity contribution >= 4 is 11.9 Å². The number of halogens is 1. The Morgan fingerprint density at radius 3 is 2.85 bits per heavy atom. The van der Waals surface area contributed by atoms with Crippen molar-refractivity contribution in [1.29, 1.82) is 0 Å². The molecule has 0 radical (unpaired) electrons. The highest BCUT2D eigenvalue weighted by atomic mass is 19.1. The van der Waals surface area contributed by atoms with Crippen LogP contribution in [0.5, 0.6) is 0 Å². The highest BCUT2D eigenvalue weighted by molar-refractivity contribution is 5.91. The van der Waals surface area contributed by atoms with E-state index in [9.17, 15) is 9.18 Å². The second-order valence-electron chi connectivity index (χ2n) is 6.68. The number of hydrogen-bond donors (Lipinski definition) is 1. The second-order valence-corrected chi connectivity index (χ2v) is 6.68. The largest absolute Gasteiger partial charge is 0.366 e. The second kappa shape index (κ2) is 6.91. The van der Waals surface area contributed by atoms with Crippen LogP contribution >= 0.6 is 0 Å². The van der Waals surface area contributed by atoms with E-state index < -0.39 is 5.82 Å². The summed E-state index contributed by atoms with van der Waals surface area (Å²) in [6.45, 7) is 1.54. The molecule has 0 aromatic carbocycles. The lowest BCUT2D eigenvalue weighted by atomic mass is 9.78. The van der Waals surface area contributed by atoms with Crippen molar-refractivity contribution in [3.05, 3.63) is 42.2 Å². The molecule has 2 fully saturated rings. The molecule has 2 aromatic rings. The zero-order chi connectivity index (χ0) is 18.0. The molecule has 1 aliphatic carbocycles. The third kappa shape index (κ3) is 3.48. The van der Waals surface area contributed by atoms with Gasteiger partial charge in [-0.25, -0.2) is 14.4 Å². The molecule has 1 spiro atoms. The summed E-state index contributed by atoms with van der Waals surface area (Å²) in [5.41, 5.74) is 0.0261. The van der Waals surface area contributed by atoms with Crippen molar-refractivity contribution in [3.63, 3.8) is 0 Å². The van der Waals surface area contributed by atoms with E-state index in [0.717, 1.165) is 31.7 Å². The summed E-state index contributed by atoms with van der Waals surface area (Å²) < 4.78 is 19.4. The van der Waals surface area contributed by atoms with Gasteiger partial charge in [0.1, 0.15) is 0 Å².